The predicted molar refractivity (Wildman–Crippen MR) is 76.5 cm³/mol. The predicted octanol–water partition coefficient (Wildman–Crippen LogP) is 1.01. The molecule has 1 heterocycles. The van der Waals surface area contributed by atoms with Crippen LogP contribution in [0.2, 0.25) is 0 Å². The van der Waals surface area contributed by atoms with Gasteiger partial charge in [-0.2, -0.15) is 0 Å². The molecule has 0 aliphatic carbocycles. The Morgan fingerprint density at radius 2 is 2.10 bits per heavy atom. The highest BCUT2D eigenvalue weighted by Crippen LogP contribution is 2.20. The molecule has 0 bridgehead atoms. The molecule has 0 radical (unpaired) electrons. The van der Waals surface area contributed by atoms with E-state index in [1.165, 1.54) is 0 Å². The Morgan fingerprint density at radius 1 is 1.30 bits per heavy atom. The van der Waals surface area contributed by atoms with E-state index in [4.69, 9.17) is 14.6 Å². The van der Waals surface area contributed by atoms with E-state index < -0.39 is 31.0 Å². The van der Waals surface area contributed by atoms with Crippen LogP contribution in [0.5, 0.6) is 0 Å². The molecule has 5 nitrogen and oxygen atoms in total. The molecule has 0 aromatic heterocycles. The second-order valence-electron chi connectivity index (χ2n) is 5.18. The number of rotatable bonds is 10. The molecular formula is C15H28O5. The van der Waals surface area contributed by atoms with E-state index in [-0.39, 0.29) is 6.61 Å². The molecule has 0 spiro atoms. The van der Waals surface area contributed by atoms with Crippen molar-refractivity contribution in [3.8, 4) is 0 Å². The third-order valence-electron chi connectivity index (χ3n) is 3.49. The van der Waals surface area contributed by atoms with Gasteiger partial charge >= 0.3 is 0 Å². The lowest BCUT2D eigenvalue weighted by Crippen LogP contribution is -2.41. The van der Waals surface area contributed by atoms with Crippen molar-refractivity contribution >= 4 is 0 Å². The van der Waals surface area contributed by atoms with Gasteiger partial charge in [-0.3, -0.25) is 0 Å². The van der Waals surface area contributed by atoms with Crippen LogP contribution < -0.4 is 0 Å². The molecule has 1 aliphatic heterocycles. The van der Waals surface area contributed by atoms with Crippen LogP contribution in [0.3, 0.4) is 0 Å². The average molecular weight is 288 g/mol. The quantitative estimate of drug-likeness (QED) is 0.413. The lowest BCUT2D eigenvalue weighted by atomic mass is 10.1. The zero-order valence-corrected chi connectivity index (χ0v) is 12.3. The second-order valence-corrected chi connectivity index (χ2v) is 5.18. The first-order valence-electron chi connectivity index (χ1n) is 7.55. The lowest BCUT2D eigenvalue weighted by molar-refractivity contribution is -0.0730. The van der Waals surface area contributed by atoms with Crippen molar-refractivity contribution in [2.24, 2.45) is 0 Å². The van der Waals surface area contributed by atoms with Crippen LogP contribution in [-0.2, 0) is 9.47 Å². The SMILES string of the molecule is CC/C=C/CCCCCO[C@H]1CO[C@H]([C@H](O)CO)[C@@H]1O. The van der Waals surface area contributed by atoms with Crippen molar-refractivity contribution in [3.05, 3.63) is 12.2 Å². The number of aliphatic hydroxyl groups excluding tert-OH is 3. The molecule has 4 atom stereocenters. The highest BCUT2D eigenvalue weighted by Gasteiger charge is 2.40. The summed E-state index contributed by atoms with van der Waals surface area (Å²) in [5.41, 5.74) is 0. The first-order valence-corrected chi connectivity index (χ1v) is 7.55. The van der Waals surface area contributed by atoms with Gasteiger partial charge in [0.05, 0.1) is 13.2 Å². The van der Waals surface area contributed by atoms with Gasteiger partial charge in [-0.25, -0.2) is 0 Å². The van der Waals surface area contributed by atoms with Crippen LogP contribution >= 0.6 is 0 Å². The Hall–Kier alpha value is -0.460. The Morgan fingerprint density at radius 3 is 2.80 bits per heavy atom. The number of hydrogen-bond acceptors (Lipinski definition) is 5. The molecule has 0 aromatic carbocycles. The Labute approximate surface area is 121 Å². The van der Waals surface area contributed by atoms with Gasteiger partial charge in [-0.15, -0.1) is 0 Å². The number of unbranched alkanes of at least 4 members (excludes halogenated alkanes) is 3. The Kier molecular flexibility index (Phi) is 9.05. The van der Waals surface area contributed by atoms with Crippen LogP contribution in [0.1, 0.15) is 39.0 Å². The van der Waals surface area contributed by atoms with Gasteiger partial charge in [0.2, 0.25) is 0 Å². The molecule has 1 fully saturated rings. The van der Waals surface area contributed by atoms with Crippen LogP contribution in [0.15, 0.2) is 12.2 Å². The van der Waals surface area contributed by atoms with Crippen LogP contribution in [-0.4, -0.2) is 59.6 Å². The summed E-state index contributed by atoms with van der Waals surface area (Å²) in [6.07, 6.45) is 6.70. The standard InChI is InChI=1S/C15H28O5/c1-2-3-4-5-6-7-8-9-19-13-11-20-15(14(13)18)12(17)10-16/h3-4,12-18H,2,5-11H2,1H3/b4-3+/t12-,13+,14-,15-/m1/s1. The summed E-state index contributed by atoms with van der Waals surface area (Å²) in [6.45, 7) is 2.56. The molecular weight excluding hydrogens is 260 g/mol. The minimum absolute atomic E-state index is 0.266. The monoisotopic (exact) mass is 288 g/mol. The van der Waals surface area contributed by atoms with Crippen LogP contribution in [0.25, 0.3) is 0 Å². The summed E-state index contributed by atoms with van der Waals surface area (Å²) in [5.74, 6) is 0. The lowest BCUT2D eigenvalue weighted by Gasteiger charge is -2.20. The van der Waals surface area contributed by atoms with Crippen molar-refractivity contribution in [1.82, 2.24) is 0 Å². The molecule has 3 N–H and O–H groups in total. The van der Waals surface area contributed by atoms with E-state index in [1.54, 1.807) is 0 Å². The maximum atomic E-state index is 9.92. The Bertz CT molecular complexity index is 269. The molecule has 1 aliphatic rings. The van der Waals surface area contributed by atoms with Crippen LogP contribution in [0.4, 0.5) is 0 Å². The van der Waals surface area contributed by atoms with E-state index >= 15 is 0 Å². The molecule has 0 saturated carbocycles. The zero-order chi connectivity index (χ0) is 14.8. The fourth-order valence-electron chi connectivity index (χ4n) is 2.26. The largest absolute Gasteiger partial charge is 0.394 e. The second kappa shape index (κ2) is 10.3. The van der Waals surface area contributed by atoms with E-state index in [9.17, 15) is 10.2 Å². The van der Waals surface area contributed by atoms with E-state index in [0.29, 0.717) is 6.61 Å². The van der Waals surface area contributed by atoms with Crippen molar-refractivity contribution < 1.29 is 24.8 Å². The topological polar surface area (TPSA) is 79.2 Å². The zero-order valence-electron chi connectivity index (χ0n) is 12.3. The third-order valence-corrected chi connectivity index (χ3v) is 3.49. The molecule has 20 heavy (non-hydrogen) atoms. The molecule has 1 saturated heterocycles. The average Bonchev–Trinajstić information content (AvgIpc) is 2.82. The highest BCUT2D eigenvalue weighted by molar-refractivity contribution is 4.88. The molecule has 5 heteroatoms. The van der Waals surface area contributed by atoms with Gasteiger partial charge in [0.25, 0.3) is 0 Å². The maximum Gasteiger partial charge on any atom is 0.114 e. The summed E-state index contributed by atoms with van der Waals surface area (Å²) in [4.78, 5) is 0. The van der Waals surface area contributed by atoms with E-state index in [2.05, 4.69) is 19.1 Å². The summed E-state index contributed by atoms with van der Waals surface area (Å²) >= 11 is 0. The van der Waals surface area contributed by atoms with Crippen LogP contribution in [0, 0.1) is 0 Å². The highest BCUT2D eigenvalue weighted by atomic mass is 16.6. The minimum Gasteiger partial charge on any atom is -0.394 e. The molecule has 0 amide bonds. The first kappa shape index (κ1) is 17.6. The molecule has 0 aromatic rings. The number of allylic oxidation sites excluding steroid dienone is 2. The van der Waals surface area contributed by atoms with Gasteiger partial charge in [0, 0.05) is 6.61 Å². The smallest absolute Gasteiger partial charge is 0.114 e. The van der Waals surface area contributed by atoms with E-state index in [1.807, 2.05) is 0 Å². The molecule has 0 unspecified atom stereocenters. The third kappa shape index (κ3) is 5.89. The maximum absolute atomic E-state index is 9.92. The normalized spacial score (nSPS) is 28.3. The molecule has 1 rings (SSSR count). The van der Waals surface area contributed by atoms with Gasteiger partial charge in [0.1, 0.15) is 24.4 Å². The minimum atomic E-state index is -1.05. The van der Waals surface area contributed by atoms with Crippen molar-refractivity contribution in [2.45, 2.75) is 63.4 Å². The summed E-state index contributed by atoms with van der Waals surface area (Å²) in [7, 11) is 0. The summed E-state index contributed by atoms with van der Waals surface area (Å²) in [6, 6.07) is 0. The number of ether oxygens (including phenoxy) is 2. The van der Waals surface area contributed by atoms with Gasteiger partial charge < -0.3 is 24.8 Å². The fourth-order valence-corrected chi connectivity index (χ4v) is 2.26. The summed E-state index contributed by atoms with van der Waals surface area (Å²) < 4.78 is 10.8. The van der Waals surface area contributed by atoms with Gasteiger partial charge in [0.15, 0.2) is 0 Å². The molecule has 118 valence electrons. The first-order chi connectivity index (χ1) is 9.70. The van der Waals surface area contributed by atoms with Crippen molar-refractivity contribution in [2.75, 3.05) is 19.8 Å². The Balaban J connectivity index is 2.07. The number of aliphatic hydroxyl groups is 3. The van der Waals surface area contributed by atoms with Gasteiger partial charge in [-0.1, -0.05) is 25.5 Å². The number of hydrogen-bond donors (Lipinski definition) is 3. The summed E-state index contributed by atoms with van der Waals surface area (Å²) in [5, 5.41) is 28.2. The fraction of sp³-hybridized carbons (Fsp3) is 0.867. The van der Waals surface area contributed by atoms with Crippen molar-refractivity contribution in [1.29, 1.82) is 0 Å². The van der Waals surface area contributed by atoms with Gasteiger partial charge in [-0.05, 0) is 25.7 Å². The van der Waals surface area contributed by atoms with Crippen molar-refractivity contribution in [3.63, 3.8) is 0 Å². The van der Waals surface area contributed by atoms with E-state index in [0.717, 1.165) is 32.1 Å².